The molecule has 0 aliphatic rings. The molecular formula is C14H28N2O3. The minimum atomic E-state index is -0.287. The smallest absolute Gasteiger partial charge is 0.310 e. The quantitative estimate of drug-likeness (QED) is 0.644. The number of hydrogen-bond donors (Lipinski definition) is 1. The van der Waals surface area contributed by atoms with Gasteiger partial charge in [-0.05, 0) is 25.3 Å². The standard InChI is InChI=1S/C14H28N2O3/c1-5-12(8-9-15)6-7-13(17)16(3)10-11(2)14(18)19-4/h11-12H,5-10,15H2,1-4H3. The second-order valence-electron chi connectivity index (χ2n) is 5.09. The molecule has 0 saturated carbocycles. The van der Waals surface area contributed by atoms with Crippen LogP contribution in [0.15, 0.2) is 0 Å². The van der Waals surface area contributed by atoms with Gasteiger partial charge in [0, 0.05) is 20.0 Å². The van der Waals surface area contributed by atoms with Crippen molar-refractivity contribution in [3.63, 3.8) is 0 Å². The highest BCUT2D eigenvalue weighted by atomic mass is 16.5. The summed E-state index contributed by atoms with van der Waals surface area (Å²) in [6, 6.07) is 0. The summed E-state index contributed by atoms with van der Waals surface area (Å²) in [7, 11) is 3.09. The Hall–Kier alpha value is -1.10. The third kappa shape index (κ3) is 7.15. The van der Waals surface area contributed by atoms with Gasteiger partial charge in [0.25, 0.3) is 0 Å². The number of hydrogen-bond acceptors (Lipinski definition) is 4. The van der Waals surface area contributed by atoms with Gasteiger partial charge in [-0.25, -0.2) is 0 Å². The van der Waals surface area contributed by atoms with E-state index in [-0.39, 0.29) is 17.8 Å². The average molecular weight is 272 g/mol. The van der Waals surface area contributed by atoms with Crippen molar-refractivity contribution in [2.45, 2.75) is 39.5 Å². The van der Waals surface area contributed by atoms with Gasteiger partial charge in [0.05, 0.1) is 13.0 Å². The molecule has 0 rings (SSSR count). The first-order valence-corrected chi connectivity index (χ1v) is 6.98. The maximum atomic E-state index is 12.0. The predicted octanol–water partition coefficient (Wildman–Crippen LogP) is 1.41. The number of methoxy groups -OCH3 is 1. The minimum absolute atomic E-state index is 0.0752. The van der Waals surface area contributed by atoms with Gasteiger partial charge in [0.1, 0.15) is 0 Å². The van der Waals surface area contributed by atoms with Crippen LogP contribution in [0, 0.1) is 11.8 Å². The first-order valence-electron chi connectivity index (χ1n) is 6.98. The molecule has 5 heteroatoms. The fraction of sp³-hybridized carbons (Fsp3) is 0.857. The summed E-state index contributed by atoms with van der Waals surface area (Å²) in [5.41, 5.74) is 5.54. The van der Waals surface area contributed by atoms with E-state index in [0.717, 1.165) is 19.3 Å². The monoisotopic (exact) mass is 272 g/mol. The number of esters is 1. The molecule has 5 nitrogen and oxygen atoms in total. The third-order valence-electron chi connectivity index (χ3n) is 3.50. The highest BCUT2D eigenvalue weighted by molar-refractivity contribution is 5.77. The lowest BCUT2D eigenvalue weighted by molar-refractivity contribution is -0.146. The zero-order chi connectivity index (χ0) is 14.8. The lowest BCUT2D eigenvalue weighted by Crippen LogP contribution is -2.34. The van der Waals surface area contributed by atoms with Crippen molar-refractivity contribution in [1.29, 1.82) is 0 Å². The number of nitrogens with two attached hydrogens (primary N) is 1. The maximum absolute atomic E-state index is 12.0. The largest absolute Gasteiger partial charge is 0.469 e. The van der Waals surface area contributed by atoms with Crippen LogP contribution in [0.4, 0.5) is 0 Å². The van der Waals surface area contributed by atoms with Crippen molar-refractivity contribution in [3.05, 3.63) is 0 Å². The van der Waals surface area contributed by atoms with Gasteiger partial charge in [0.2, 0.25) is 5.91 Å². The second-order valence-corrected chi connectivity index (χ2v) is 5.09. The van der Waals surface area contributed by atoms with Crippen LogP contribution in [0.2, 0.25) is 0 Å². The Labute approximate surface area is 116 Å². The second kappa shape index (κ2) is 9.78. The lowest BCUT2D eigenvalue weighted by Gasteiger charge is -2.21. The first kappa shape index (κ1) is 17.9. The van der Waals surface area contributed by atoms with Crippen molar-refractivity contribution in [2.24, 2.45) is 17.6 Å². The van der Waals surface area contributed by atoms with Crippen molar-refractivity contribution in [2.75, 3.05) is 27.2 Å². The summed E-state index contributed by atoms with van der Waals surface area (Å²) in [6.07, 6.45) is 3.39. The SMILES string of the molecule is CCC(CCN)CCC(=O)N(C)CC(C)C(=O)OC. The number of rotatable bonds is 9. The molecule has 2 N–H and O–H groups in total. The number of carbonyl (C=O) groups is 2. The molecule has 0 spiro atoms. The van der Waals surface area contributed by atoms with Crippen molar-refractivity contribution in [3.8, 4) is 0 Å². The Balaban J connectivity index is 4.09. The summed E-state index contributed by atoms with van der Waals surface area (Å²) in [5.74, 6) is 0.0192. The highest BCUT2D eigenvalue weighted by Gasteiger charge is 2.19. The highest BCUT2D eigenvalue weighted by Crippen LogP contribution is 2.15. The zero-order valence-electron chi connectivity index (χ0n) is 12.6. The topological polar surface area (TPSA) is 72.6 Å². The summed E-state index contributed by atoms with van der Waals surface area (Å²) in [6.45, 7) is 4.95. The van der Waals surface area contributed by atoms with E-state index in [0.29, 0.717) is 25.4 Å². The van der Waals surface area contributed by atoms with Crippen LogP contribution >= 0.6 is 0 Å². The molecule has 0 heterocycles. The summed E-state index contributed by atoms with van der Waals surface area (Å²) in [5, 5.41) is 0. The predicted molar refractivity (Wildman–Crippen MR) is 75.5 cm³/mol. The minimum Gasteiger partial charge on any atom is -0.469 e. The molecule has 0 aromatic carbocycles. The van der Waals surface area contributed by atoms with Crippen LogP contribution in [0.25, 0.3) is 0 Å². The van der Waals surface area contributed by atoms with Crippen LogP contribution in [-0.2, 0) is 14.3 Å². The van der Waals surface area contributed by atoms with Crippen molar-refractivity contribution < 1.29 is 14.3 Å². The van der Waals surface area contributed by atoms with Crippen LogP contribution in [-0.4, -0.2) is 44.0 Å². The molecule has 0 bridgehead atoms. The van der Waals surface area contributed by atoms with Gasteiger partial charge in [-0.3, -0.25) is 9.59 Å². The number of carbonyl (C=O) groups excluding carboxylic acids is 2. The molecule has 0 aromatic rings. The third-order valence-corrected chi connectivity index (χ3v) is 3.50. The average Bonchev–Trinajstić information content (AvgIpc) is 2.41. The number of ether oxygens (including phenoxy) is 1. The van der Waals surface area contributed by atoms with Crippen LogP contribution in [0.5, 0.6) is 0 Å². The van der Waals surface area contributed by atoms with Gasteiger partial charge < -0.3 is 15.4 Å². The van der Waals surface area contributed by atoms with E-state index in [2.05, 4.69) is 11.7 Å². The summed E-state index contributed by atoms with van der Waals surface area (Å²) < 4.78 is 4.65. The molecule has 0 saturated heterocycles. The fourth-order valence-electron chi connectivity index (χ4n) is 2.10. The Kier molecular flexibility index (Phi) is 9.21. The Morgan fingerprint density at radius 1 is 1.32 bits per heavy atom. The molecule has 0 radical (unpaired) electrons. The normalized spacial score (nSPS) is 13.7. The van der Waals surface area contributed by atoms with Crippen molar-refractivity contribution >= 4 is 11.9 Å². The fourth-order valence-corrected chi connectivity index (χ4v) is 2.10. The van der Waals surface area contributed by atoms with E-state index in [4.69, 9.17) is 5.73 Å². The van der Waals surface area contributed by atoms with Gasteiger partial charge in [-0.1, -0.05) is 20.3 Å². The molecule has 1 amide bonds. The van der Waals surface area contributed by atoms with E-state index in [9.17, 15) is 9.59 Å². The lowest BCUT2D eigenvalue weighted by atomic mass is 9.96. The van der Waals surface area contributed by atoms with Crippen LogP contribution in [0.1, 0.15) is 39.5 Å². The van der Waals surface area contributed by atoms with E-state index < -0.39 is 0 Å². The Bertz CT molecular complexity index is 282. The zero-order valence-corrected chi connectivity index (χ0v) is 12.6. The molecular weight excluding hydrogens is 244 g/mol. The molecule has 2 unspecified atom stereocenters. The van der Waals surface area contributed by atoms with E-state index >= 15 is 0 Å². The Morgan fingerprint density at radius 3 is 2.42 bits per heavy atom. The van der Waals surface area contributed by atoms with Crippen LogP contribution < -0.4 is 5.73 Å². The molecule has 19 heavy (non-hydrogen) atoms. The molecule has 0 aromatic heterocycles. The van der Waals surface area contributed by atoms with E-state index in [1.165, 1.54) is 7.11 Å². The number of nitrogens with zero attached hydrogens (tertiary/aromatic N) is 1. The Morgan fingerprint density at radius 2 is 1.95 bits per heavy atom. The molecule has 112 valence electrons. The van der Waals surface area contributed by atoms with Gasteiger partial charge in [-0.2, -0.15) is 0 Å². The molecule has 0 aliphatic carbocycles. The molecule has 2 atom stereocenters. The van der Waals surface area contributed by atoms with Gasteiger partial charge in [-0.15, -0.1) is 0 Å². The van der Waals surface area contributed by atoms with E-state index in [1.54, 1.807) is 18.9 Å². The van der Waals surface area contributed by atoms with Gasteiger partial charge in [0.15, 0.2) is 0 Å². The molecule has 0 aliphatic heterocycles. The van der Waals surface area contributed by atoms with Crippen molar-refractivity contribution in [1.82, 2.24) is 4.90 Å². The van der Waals surface area contributed by atoms with E-state index in [1.807, 2.05) is 0 Å². The van der Waals surface area contributed by atoms with Gasteiger partial charge >= 0.3 is 5.97 Å². The number of amides is 1. The molecule has 0 fully saturated rings. The summed E-state index contributed by atoms with van der Waals surface area (Å²) >= 11 is 0. The maximum Gasteiger partial charge on any atom is 0.310 e. The van der Waals surface area contributed by atoms with Crippen LogP contribution in [0.3, 0.4) is 0 Å². The first-order chi connectivity index (χ1) is 8.96. The summed E-state index contributed by atoms with van der Waals surface area (Å²) in [4.78, 5) is 24.9.